The lowest BCUT2D eigenvalue weighted by molar-refractivity contribution is 0.0959. The molecule has 6 heteroatoms. The molecule has 0 radical (unpaired) electrons. The van der Waals surface area contributed by atoms with Gasteiger partial charge in [0.05, 0.1) is 11.2 Å². The number of carbonyl (C=O) groups excluding carboxylic acids is 1. The Kier molecular flexibility index (Phi) is 3.80. The van der Waals surface area contributed by atoms with Gasteiger partial charge in [0.15, 0.2) is 0 Å². The fourth-order valence-corrected chi connectivity index (χ4v) is 3.98. The van der Waals surface area contributed by atoms with Gasteiger partial charge in [-0.2, -0.15) is 5.10 Å². The molecule has 1 amide bonds. The van der Waals surface area contributed by atoms with Gasteiger partial charge in [0.1, 0.15) is 4.88 Å². The van der Waals surface area contributed by atoms with Crippen molar-refractivity contribution in [3.8, 4) is 0 Å². The van der Waals surface area contributed by atoms with Gasteiger partial charge >= 0.3 is 0 Å². The lowest BCUT2D eigenvalue weighted by Gasteiger charge is -1.97. The first kappa shape index (κ1) is 14.9. The van der Waals surface area contributed by atoms with Gasteiger partial charge in [-0.05, 0) is 12.1 Å². The fraction of sp³-hybridized carbons (Fsp3) is 0. The van der Waals surface area contributed by atoms with E-state index in [0.717, 1.165) is 26.6 Å². The van der Waals surface area contributed by atoms with Crippen LogP contribution in [-0.4, -0.2) is 17.1 Å². The summed E-state index contributed by atoms with van der Waals surface area (Å²) in [6.45, 7) is 0. The quantitative estimate of drug-likeness (QED) is 0.403. The number of hydrogen-bond acceptors (Lipinski definition) is 3. The molecule has 0 aliphatic rings. The van der Waals surface area contributed by atoms with Gasteiger partial charge in [-0.1, -0.05) is 48.0 Å². The molecule has 2 N–H and O–H groups in total. The first-order chi connectivity index (χ1) is 11.7. The summed E-state index contributed by atoms with van der Waals surface area (Å²) in [7, 11) is 0. The Morgan fingerprint density at radius 2 is 1.88 bits per heavy atom. The van der Waals surface area contributed by atoms with Crippen molar-refractivity contribution in [3.63, 3.8) is 0 Å². The number of hydrogen-bond donors (Lipinski definition) is 2. The van der Waals surface area contributed by atoms with Crippen LogP contribution in [0.1, 0.15) is 15.2 Å². The van der Waals surface area contributed by atoms with Crippen molar-refractivity contribution in [2.24, 2.45) is 5.10 Å². The van der Waals surface area contributed by atoms with Crippen LogP contribution in [0, 0.1) is 0 Å². The number of hydrazone groups is 1. The molecule has 4 rings (SSSR count). The first-order valence-electron chi connectivity index (χ1n) is 7.30. The van der Waals surface area contributed by atoms with Gasteiger partial charge in [-0.3, -0.25) is 4.79 Å². The molecule has 0 spiro atoms. The number of aromatic nitrogens is 1. The predicted octanol–water partition coefficient (Wildman–Crippen LogP) is 4.80. The van der Waals surface area contributed by atoms with Crippen LogP contribution in [0.4, 0.5) is 0 Å². The molecule has 24 heavy (non-hydrogen) atoms. The number of aromatic amines is 1. The lowest BCUT2D eigenvalue weighted by Crippen LogP contribution is -2.16. The van der Waals surface area contributed by atoms with Crippen LogP contribution < -0.4 is 5.43 Å². The van der Waals surface area contributed by atoms with Crippen LogP contribution >= 0.6 is 22.9 Å². The molecular formula is C18H12ClN3OS. The van der Waals surface area contributed by atoms with E-state index < -0.39 is 0 Å². The van der Waals surface area contributed by atoms with E-state index in [1.165, 1.54) is 11.3 Å². The molecule has 2 aromatic carbocycles. The normalized spacial score (nSPS) is 11.5. The van der Waals surface area contributed by atoms with Crippen LogP contribution in [0.2, 0.25) is 5.02 Å². The Morgan fingerprint density at radius 1 is 1.12 bits per heavy atom. The number of halogens is 1. The number of benzene rings is 2. The number of nitrogens with one attached hydrogen (secondary N) is 2. The van der Waals surface area contributed by atoms with E-state index in [1.54, 1.807) is 6.21 Å². The summed E-state index contributed by atoms with van der Waals surface area (Å²) in [5, 5.41) is 6.46. The zero-order valence-electron chi connectivity index (χ0n) is 12.4. The highest BCUT2D eigenvalue weighted by atomic mass is 35.5. The summed E-state index contributed by atoms with van der Waals surface area (Å²) in [6, 6.07) is 15.6. The lowest BCUT2D eigenvalue weighted by atomic mass is 10.2. The topological polar surface area (TPSA) is 57.2 Å². The van der Waals surface area contributed by atoms with Crippen molar-refractivity contribution in [1.82, 2.24) is 10.4 Å². The molecule has 0 fully saturated rings. The molecule has 0 saturated carbocycles. The molecule has 0 saturated heterocycles. The monoisotopic (exact) mass is 353 g/mol. The van der Waals surface area contributed by atoms with Gasteiger partial charge in [0, 0.05) is 32.7 Å². The fourth-order valence-electron chi connectivity index (χ4n) is 2.57. The minimum atomic E-state index is -0.308. The van der Waals surface area contributed by atoms with Gasteiger partial charge in [-0.25, -0.2) is 5.43 Å². The predicted molar refractivity (Wildman–Crippen MR) is 100 cm³/mol. The number of H-pyrrole nitrogens is 1. The van der Waals surface area contributed by atoms with Crippen molar-refractivity contribution in [2.45, 2.75) is 0 Å². The number of fused-ring (bicyclic) bond motifs is 2. The maximum absolute atomic E-state index is 12.3. The molecule has 0 aliphatic heterocycles. The zero-order valence-corrected chi connectivity index (χ0v) is 14.0. The third kappa shape index (κ3) is 2.58. The van der Waals surface area contributed by atoms with E-state index in [2.05, 4.69) is 15.5 Å². The molecule has 4 aromatic rings. The minimum Gasteiger partial charge on any atom is -0.361 e. The molecule has 2 heterocycles. The smallest absolute Gasteiger partial charge is 0.283 e. The van der Waals surface area contributed by atoms with Crippen LogP contribution in [0.3, 0.4) is 0 Å². The molecular weight excluding hydrogens is 342 g/mol. The summed E-state index contributed by atoms with van der Waals surface area (Å²) in [6.07, 6.45) is 3.48. The molecule has 0 atom stereocenters. The number of para-hydroxylation sites is 1. The molecule has 118 valence electrons. The van der Waals surface area contributed by atoms with E-state index in [4.69, 9.17) is 11.6 Å². The van der Waals surface area contributed by atoms with Gasteiger partial charge in [-0.15, -0.1) is 11.3 Å². The molecule has 2 aromatic heterocycles. The molecule has 4 nitrogen and oxygen atoms in total. The van der Waals surface area contributed by atoms with Gasteiger partial charge < -0.3 is 4.98 Å². The summed E-state index contributed by atoms with van der Waals surface area (Å²) in [5.41, 5.74) is 4.48. The van der Waals surface area contributed by atoms with Crippen LogP contribution in [0.15, 0.2) is 59.8 Å². The average molecular weight is 354 g/mol. The summed E-state index contributed by atoms with van der Waals surface area (Å²) < 4.78 is 0.980. The largest absolute Gasteiger partial charge is 0.361 e. The number of carbonyl (C=O) groups is 1. The second-order valence-corrected chi connectivity index (χ2v) is 6.66. The van der Waals surface area contributed by atoms with Crippen LogP contribution in [0.25, 0.3) is 21.0 Å². The van der Waals surface area contributed by atoms with Crippen molar-refractivity contribution in [1.29, 1.82) is 0 Å². The Balaban J connectivity index is 1.56. The van der Waals surface area contributed by atoms with Crippen molar-refractivity contribution < 1.29 is 4.79 Å². The summed E-state index contributed by atoms with van der Waals surface area (Å²) in [4.78, 5) is 15.9. The van der Waals surface area contributed by atoms with Gasteiger partial charge in [0.2, 0.25) is 0 Å². The van der Waals surface area contributed by atoms with Crippen molar-refractivity contribution in [3.05, 3.63) is 70.2 Å². The maximum atomic E-state index is 12.3. The maximum Gasteiger partial charge on any atom is 0.283 e. The SMILES string of the molecule is O=C(N/N=C/c1c[nH]c2ccccc12)c1sc2ccccc2c1Cl. The summed E-state index contributed by atoms with van der Waals surface area (Å²) in [5.74, 6) is -0.308. The Hall–Kier alpha value is -2.63. The molecule has 0 bridgehead atoms. The second kappa shape index (κ2) is 6.11. The number of nitrogens with zero attached hydrogens (tertiary/aromatic N) is 1. The molecule has 0 aliphatic carbocycles. The highest BCUT2D eigenvalue weighted by Gasteiger charge is 2.16. The zero-order chi connectivity index (χ0) is 16.5. The number of thiophene rings is 1. The first-order valence-corrected chi connectivity index (χ1v) is 8.50. The minimum absolute atomic E-state index is 0.308. The van der Waals surface area contributed by atoms with Crippen LogP contribution in [-0.2, 0) is 0 Å². The van der Waals surface area contributed by atoms with E-state index in [0.29, 0.717) is 9.90 Å². The summed E-state index contributed by atoms with van der Waals surface area (Å²) >= 11 is 7.66. The Bertz CT molecular complexity index is 1080. The highest BCUT2D eigenvalue weighted by molar-refractivity contribution is 7.21. The van der Waals surface area contributed by atoms with E-state index in [9.17, 15) is 4.79 Å². The average Bonchev–Trinajstić information content (AvgIpc) is 3.17. The van der Waals surface area contributed by atoms with E-state index >= 15 is 0 Å². The standard InChI is InChI=1S/C18H12ClN3OS/c19-16-13-6-2-4-8-15(13)24-17(16)18(23)22-21-10-11-9-20-14-7-3-1-5-12(11)14/h1-10,20H,(H,22,23)/b21-10+. The Morgan fingerprint density at radius 3 is 2.71 bits per heavy atom. The highest BCUT2D eigenvalue weighted by Crippen LogP contribution is 2.34. The van der Waals surface area contributed by atoms with Crippen LogP contribution in [0.5, 0.6) is 0 Å². The number of rotatable bonds is 3. The third-order valence-electron chi connectivity index (χ3n) is 3.73. The molecule has 0 unspecified atom stereocenters. The van der Waals surface area contributed by atoms with E-state index in [1.807, 2.05) is 54.7 Å². The third-order valence-corrected chi connectivity index (χ3v) is 5.41. The second-order valence-electron chi connectivity index (χ2n) is 5.23. The van der Waals surface area contributed by atoms with E-state index in [-0.39, 0.29) is 5.91 Å². The van der Waals surface area contributed by atoms with Gasteiger partial charge in [0.25, 0.3) is 5.91 Å². The Labute approximate surface area is 146 Å². The van der Waals surface area contributed by atoms with Crippen molar-refractivity contribution in [2.75, 3.05) is 0 Å². The number of amides is 1. The van der Waals surface area contributed by atoms with Crippen molar-refractivity contribution >= 4 is 56.0 Å².